The van der Waals surface area contributed by atoms with Crippen molar-refractivity contribution in [1.29, 1.82) is 0 Å². The van der Waals surface area contributed by atoms with Gasteiger partial charge < -0.3 is 25.0 Å². The molecule has 0 saturated carbocycles. The lowest BCUT2D eigenvalue weighted by Crippen LogP contribution is -2.32. The van der Waals surface area contributed by atoms with Gasteiger partial charge in [-0.2, -0.15) is 0 Å². The lowest BCUT2D eigenvalue weighted by molar-refractivity contribution is -0.137. The molecule has 0 aliphatic carbocycles. The molecule has 118 valence electrons. The smallest absolute Gasteiger partial charge is 0.323 e. The Bertz CT molecular complexity index is 548. The number of pyridine rings is 1. The van der Waals surface area contributed by atoms with E-state index in [1.807, 2.05) is 0 Å². The Kier molecular flexibility index (Phi) is 6.35. The van der Waals surface area contributed by atoms with Crippen molar-refractivity contribution in [1.82, 2.24) is 9.47 Å². The summed E-state index contributed by atoms with van der Waals surface area (Å²) < 4.78 is 1.33. The third kappa shape index (κ3) is 4.55. The Balaban J connectivity index is 3.23. The molecule has 0 unspecified atom stereocenters. The second-order valence-corrected chi connectivity index (χ2v) is 4.65. The minimum absolute atomic E-state index is 0.0527. The summed E-state index contributed by atoms with van der Waals surface area (Å²) in [6.07, 6.45) is 0. The number of aryl methyl sites for hydroxylation is 1. The van der Waals surface area contributed by atoms with E-state index < -0.39 is 17.1 Å². The Morgan fingerprint density at radius 2 is 1.86 bits per heavy atom. The van der Waals surface area contributed by atoms with E-state index in [0.717, 1.165) is 0 Å². The average molecular weight is 300 g/mol. The predicted octanol–water partition coefficient (Wildman–Crippen LogP) is -1.27. The van der Waals surface area contributed by atoms with Gasteiger partial charge in [0.25, 0.3) is 0 Å². The summed E-state index contributed by atoms with van der Waals surface area (Å²) in [5.41, 5.74) is -0.00969. The van der Waals surface area contributed by atoms with Crippen LogP contribution < -0.4 is 5.43 Å². The first-order valence-electron chi connectivity index (χ1n) is 6.48. The van der Waals surface area contributed by atoms with E-state index in [1.54, 1.807) is 11.8 Å². The number of hydrogen-bond acceptors (Lipinski definition) is 6. The standard InChI is InChI=1S/C13H20N2O6/c1-9-6-11(18)13(21)10(15(9)8-12(19)20)7-14(2-4-16)3-5-17/h6,16-17,21H,2-5,7-8H2,1H3,(H,19,20). The van der Waals surface area contributed by atoms with Gasteiger partial charge in [0.1, 0.15) is 6.54 Å². The number of aromatic nitrogens is 1. The van der Waals surface area contributed by atoms with Gasteiger partial charge in [0.2, 0.25) is 5.43 Å². The van der Waals surface area contributed by atoms with Crippen molar-refractivity contribution in [3.63, 3.8) is 0 Å². The van der Waals surface area contributed by atoms with Crippen LogP contribution in [0.25, 0.3) is 0 Å². The van der Waals surface area contributed by atoms with Crippen LogP contribution >= 0.6 is 0 Å². The summed E-state index contributed by atoms with van der Waals surface area (Å²) in [7, 11) is 0. The molecular weight excluding hydrogens is 280 g/mol. The molecule has 0 spiro atoms. The number of aliphatic carboxylic acids is 1. The van der Waals surface area contributed by atoms with Crippen LogP contribution in [0.5, 0.6) is 5.75 Å². The zero-order chi connectivity index (χ0) is 16.0. The number of aliphatic hydroxyl groups excluding tert-OH is 2. The van der Waals surface area contributed by atoms with Crippen LogP contribution in [0.1, 0.15) is 11.4 Å². The van der Waals surface area contributed by atoms with E-state index in [9.17, 15) is 14.7 Å². The molecule has 0 aliphatic rings. The Morgan fingerprint density at radius 3 is 2.33 bits per heavy atom. The van der Waals surface area contributed by atoms with Gasteiger partial charge in [-0.3, -0.25) is 14.5 Å². The highest BCUT2D eigenvalue weighted by molar-refractivity contribution is 5.67. The number of carbonyl (C=O) groups is 1. The fraction of sp³-hybridized carbons (Fsp3) is 0.538. The van der Waals surface area contributed by atoms with Crippen LogP contribution in [-0.4, -0.2) is 62.2 Å². The van der Waals surface area contributed by atoms with Crippen LogP contribution in [0.3, 0.4) is 0 Å². The van der Waals surface area contributed by atoms with Crippen molar-refractivity contribution in [2.45, 2.75) is 20.0 Å². The maximum Gasteiger partial charge on any atom is 0.323 e. The van der Waals surface area contributed by atoms with Crippen LogP contribution in [0, 0.1) is 6.92 Å². The quantitative estimate of drug-likeness (QED) is 0.472. The number of nitrogens with zero attached hydrogens (tertiary/aromatic N) is 2. The molecule has 0 aromatic carbocycles. The molecule has 0 fully saturated rings. The van der Waals surface area contributed by atoms with Crippen molar-refractivity contribution >= 4 is 5.97 Å². The summed E-state index contributed by atoms with van der Waals surface area (Å²) in [5, 5.41) is 36.8. The fourth-order valence-corrected chi connectivity index (χ4v) is 2.10. The number of carboxylic acid groups (broad SMARTS) is 1. The van der Waals surface area contributed by atoms with Gasteiger partial charge in [0.05, 0.1) is 18.9 Å². The molecule has 0 amide bonds. The minimum Gasteiger partial charge on any atom is -0.503 e. The molecule has 0 atom stereocenters. The largest absolute Gasteiger partial charge is 0.503 e. The van der Waals surface area contributed by atoms with Gasteiger partial charge in [-0.05, 0) is 6.92 Å². The second-order valence-electron chi connectivity index (χ2n) is 4.65. The number of aromatic hydroxyl groups is 1. The van der Waals surface area contributed by atoms with E-state index >= 15 is 0 Å². The highest BCUT2D eigenvalue weighted by Gasteiger charge is 2.17. The highest BCUT2D eigenvalue weighted by atomic mass is 16.4. The van der Waals surface area contributed by atoms with E-state index in [-0.39, 0.29) is 45.1 Å². The van der Waals surface area contributed by atoms with Crippen LogP contribution in [0.15, 0.2) is 10.9 Å². The number of hydrogen-bond donors (Lipinski definition) is 4. The normalized spacial score (nSPS) is 11.0. The average Bonchev–Trinajstić information content (AvgIpc) is 2.40. The second kappa shape index (κ2) is 7.77. The Morgan fingerprint density at radius 1 is 1.29 bits per heavy atom. The SMILES string of the molecule is Cc1cc(=O)c(O)c(CN(CCO)CCO)n1CC(=O)O. The summed E-state index contributed by atoms with van der Waals surface area (Å²) in [5.74, 6) is -1.61. The maximum absolute atomic E-state index is 11.7. The van der Waals surface area contributed by atoms with Gasteiger partial charge in [0, 0.05) is 31.4 Å². The van der Waals surface area contributed by atoms with E-state index in [1.165, 1.54) is 10.6 Å². The first kappa shape index (κ1) is 17.2. The summed E-state index contributed by atoms with van der Waals surface area (Å²) >= 11 is 0. The molecule has 4 N–H and O–H groups in total. The van der Waals surface area contributed by atoms with Gasteiger partial charge in [0.15, 0.2) is 5.75 Å². The zero-order valence-electron chi connectivity index (χ0n) is 11.8. The van der Waals surface area contributed by atoms with Gasteiger partial charge in [-0.25, -0.2) is 0 Å². The molecule has 0 radical (unpaired) electrons. The van der Waals surface area contributed by atoms with Crippen molar-refractivity contribution in [3.05, 3.63) is 27.7 Å². The Hall–Kier alpha value is -1.90. The van der Waals surface area contributed by atoms with Crippen molar-refractivity contribution < 1.29 is 25.2 Å². The third-order valence-corrected chi connectivity index (χ3v) is 3.10. The lowest BCUT2D eigenvalue weighted by Gasteiger charge is -2.24. The summed E-state index contributed by atoms with van der Waals surface area (Å²) in [6.45, 7) is 1.39. The van der Waals surface area contributed by atoms with Gasteiger partial charge in [-0.15, -0.1) is 0 Å². The van der Waals surface area contributed by atoms with E-state index in [0.29, 0.717) is 5.69 Å². The summed E-state index contributed by atoms with van der Waals surface area (Å²) in [4.78, 5) is 24.2. The molecule has 8 nitrogen and oxygen atoms in total. The van der Waals surface area contributed by atoms with Crippen LogP contribution in [0.2, 0.25) is 0 Å². The molecule has 8 heteroatoms. The number of carboxylic acids is 1. The predicted molar refractivity (Wildman–Crippen MR) is 74.2 cm³/mol. The first-order chi connectivity index (χ1) is 9.90. The third-order valence-electron chi connectivity index (χ3n) is 3.10. The minimum atomic E-state index is -1.10. The zero-order valence-corrected chi connectivity index (χ0v) is 11.8. The molecule has 1 aromatic rings. The van der Waals surface area contributed by atoms with E-state index in [2.05, 4.69) is 0 Å². The number of rotatable bonds is 8. The van der Waals surface area contributed by atoms with Gasteiger partial charge in [-0.1, -0.05) is 0 Å². The van der Waals surface area contributed by atoms with Gasteiger partial charge >= 0.3 is 5.97 Å². The molecule has 0 saturated heterocycles. The van der Waals surface area contributed by atoms with Crippen molar-refractivity contribution in [2.24, 2.45) is 0 Å². The van der Waals surface area contributed by atoms with E-state index in [4.69, 9.17) is 15.3 Å². The van der Waals surface area contributed by atoms with Crippen molar-refractivity contribution in [3.8, 4) is 5.75 Å². The topological polar surface area (TPSA) is 123 Å². The molecular formula is C13H20N2O6. The van der Waals surface area contributed by atoms with Crippen LogP contribution in [0.4, 0.5) is 0 Å². The Labute approximate surface area is 121 Å². The number of aliphatic hydroxyl groups is 2. The molecule has 1 heterocycles. The molecule has 21 heavy (non-hydrogen) atoms. The lowest BCUT2D eigenvalue weighted by atomic mass is 10.2. The highest BCUT2D eigenvalue weighted by Crippen LogP contribution is 2.16. The molecule has 0 aliphatic heterocycles. The monoisotopic (exact) mass is 300 g/mol. The molecule has 0 bridgehead atoms. The maximum atomic E-state index is 11.7. The fourth-order valence-electron chi connectivity index (χ4n) is 2.10. The van der Waals surface area contributed by atoms with Crippen molar-refractivity contribution in [2.75, 3.05) is 26.3 Å². The molecule has 1 aromatic heterocycles. The van der Waals surface area contributed by atoms with Crippen LogP contribution in [-0.2, 0) is 17.9 Å². The molecule has 1 rings (SSSR count). The summed E-state index contributed by atoms with van der Waals surface area (Å²) in [6, 6.07) is 1.17. The first-order valence-corrected chi connectivity index (χ1v) is 6.48.